The summed E-state index contributed by atoms with van der Waals surface area (Å²) in [6.07, 6.45) is 4.27. The Morgan fingerprint density at radius 1 is 1.32 bits per heavy atom. The minimum Gasteiger partial charge on any atom is -0.463 e. The van der Waals surface area contributed by atoms with E-state index in [0.29, 0.717) is 5.90 Å². The van der Waals surface area contributed by atoms with Gasteiger partial charge in [-0.25, -0.2) is 0 Å². The van der Waals surface area contributed by atoms with Crippen LogP contribution in [0.4, 0.5) is 0 Å². The Morgan fingerprint density at radius 2 is 2.11 bits per heavy atom. The first-order valence-electron chi connectivity index (χ1n) is 6.36. The zero-order valence-electron chi connectivity index (χ0n) is 10.1. The summed E-state index contributed by atoms with van der Waals surface area (Å²) in [5.74, 6) is 0.375. The lowest BCUT2D eigenvalue weighted by atomic mass is 9.92. The fourth-order valence-corrected chi connectivity index (χ4v) is 3.42. The molecule has 3 aliphatic rings. The molecule has 4 rings (SSSR count). The van der Waals surface area contributed by atoms with E-state index in [2.05, 4.69) is 4.99 Å². The molecule has 0 saturated heterocycles. The second-order valence-corrected chi connectivity index (χ2v) is 5.25. The summed E-state index contributed by atoms with van der Waals surface area (Å²) in [7, 11) is 0. The van der Waals surface area contributed by atoms with Crippen molar-refractivity contribution in [2.45, 2.75) is 18.2 Å². The van der Waals surface area contributed by atoms with E-state index >= 15 is 0 Å². The SMILES string of the molecule is O=[N+]([O-])[C@]12N=C(c3ccccc3)O[C@H]1[C@@H]1C=C[C@H]2C1. The summed E-state index contributed by atoms with van der Waals surface area (Å²) in [5.41, 5.74) is -0.498. The number of rotatable bonds is 2. The van der Waals surface area contributed by atoms with Gasteiger partial charge in [-0.2, -0.15) is 4.99 Å². The zero-order valence-corrected chi connectivity index (χ0v) is 10.1. The lowest BCUT2D eigenvalue weighted by molar-refractivity contribution is -0.580. The van der Waals surface area contributed by atoms with Crippen molar-refractivity contribution in [2.75, 3.05) is 0 Å². The molecule has 19 heavy (non-hydrogen) atoms. The third-order valence-corrected chi connectivity index (χ3v) is 4.30. The molecule has 0 aromatic heterocycles. The molecule has 96 valence electrons. The Hall–Kier alpha value is -2.17. The number of hydrogen-bond donors (Lipinski definition) is 0. The van der Waals surface area contributed by atoms with Crippen LogP contribution in [0.5, 0.6) is 0 Å². The van der Waals surface area contributed by atoms with Crippen molar-refractivity contribution in [2.24, 2.45) is 16.8 Å². The third kappa shape index (κ3) is 1.22. The normalized spacial score (nSPS) is 37.9. The molecule has 0 N–H and O–H groups in total. The summed E-state index contributed by atoms with van der Waals surface area (Å²) in [6, 6.07) is 9.38. The molecule has 1 saturated carbocycles. The molecule has 0 spiro atoms. The third-order valence-electron chi connectivity index (χ3n) is 4.30. The quantitative estimate of drug-likeness (QED) is 0.462. The highest BCUT2D eigenvalue weighted by molar-refractivity contribution is 5.95. The van der Waals surface area contributed by atoms with Gasteiger partial charge in [-0.1, -0.05) is 30.4 Å². The van der Waals surface area contributed by atoms with Gasteiger partial charge in [0.15, 0.2) is 6.10 Å². The number of fused-ring (bicyclic) bond motifs is 5. The van der Waals surface area contributed by atoms with Crippen molar-refractivity contribution < 1.29 is 9.66 Å². The Labute approximate surface area is 109 Å². The number of hydrogen-bond acceptors (Lipinski definition) is 4. The maximum Gasteiger partial charge on any atom is 0.359 e. The van der Waals surface area contributed by atoms with Gasteiger partial charge in [0.2, 0.25) is 5.90 Å². The number of aliphatic imine (C=N–C) groups is 1. The average Bonchev–Trinajstić information content (AvgIpc) is 3.10. The van der Waals surface area contributed by atoms with Crippen LogP contribution < -0.4 is 0 Å². The van der Waals surface area contributed by atoms with Crippen LogP contribution >= 0.6 is 0 Å². The molecule has 0 radical (unpaired) electrons. The average molecular weight is 256 g/mol. The largest absolute Gasteiger partial charge is 0.463 e. The molecule has 2 bridgehead atoms. The lowest BCUT2D eigenvalue weighted by Crippen LogP contribution is -2.48. The van der Waals surface area contributed by atoms with Crippen LogP contribution in [-0.4, -0.2) is 22.6 Å². The highest BCUT2D eigenvalue weighted by Gasteiger charge is 2.70. The molecule has 0 unspecified atom stereocenters. The topological polar surface area (TPSA) is 64.7 Å². The second-order valence-electron chi connectivity index (χ2n) is 5.25. The zero-order chi connectivity index (χ0) is 13.0. The van der Waals surface area contributed by atoms with E-state index in [-0.39, 0.29) is 16.8 Å². The fraction of sp³-hybridized carbons (Fsp3) is 0.357. The molecule has 0 amide bonds. The highest BCUT2D eigenvalue weighted by Crippen LogP contribution is 2.53. The predicted octanol–water partition coefficient (Wildman–Crippen LogP) is 2.01. The minimum absolute atomic E-state index is 0.111. The number of nitro groups is 1. The number of ether oxygens (including phenoxy) is 1. The Morgan fingerprint density at radius 3 is 2.79 bits per heavy atom. The van der Waals surface area contributed by atoms with Crippen molar-refractivity contribution in [1.82, 2.24) is 0 Å². The van der Waals surface area contributed by atoms with E-state index in [1.165, 1.54) is 0 Å². The molecule has 2 aliphatic carbocycles. The molecule has 1 heterocycles. The van der Waals surface area contributed by atoms with Crippen LogP contribution in [-0.2, 0) is 4.74 Å². The van der Waals surface area contributed by atoms with Crippen molar-refractivity contribution in [3.05, 3.63) is 58.2 Å². The fourth-order valence-electron chi connectivity index (χ4n) is 3.42. The first-order chi connectivity index (χ1) is 9.22. The summed E-state index contributed by atoms with van der Waals surface area (Å²) >= 11 is 0. The second kappa shape index (κ2) is 3.44. The smallest absolute Gasteiger partial charge is 0.359 e. The van der Waals surface area contributed by atoms with Gasteiger partial charge in [-0.15, -0.1) is 0 Å². The van der Waals surface area contributed by atoms with Gasteiger partial charge in [0, 0.05) is 11.5 Å². The maximum atomic E-state index is 11.6. The van der Waals surface area contributed by atoms with Crippen molar-refractivity contribution in [3.63, 3.8) is 0 Å². The van der Waals surface area contributed by atoms with E-state index in [0.717, 1.165) is 12.0 Å². The minimum atomic E-state index is -1.30. The van der Waals surface area contributed by atoms with E-state index < -0.39 is 11.8 Å². The van der Waals surface area contributed by atoms with Gasteiger partial charge in [-0.3, -0.25) is 10.1 Å². The van der Waals surface area contributed by atoms with E-state index in [1.54, 1.807) is 0 Å². The monoisotopic (exact) mass is 256 g/mol. The van der Waals surface area contributed by atoms with Gasteiger partial charge in [0.1, 0.15) is 0 Å². The van der Waals surface area contributed by atoms with Gasteiger partial charge in [0.25, 0.3) is 0 Å². The highest BCUT2D eigenvalue weighted by atomic mass is 16.6. The molecule has 5 nitrogen and oxygen atoms in total. The van der Waals surface area contributed by atoms with Gasteiger partial charge >= 0.3 is 5.66 Å². The molecular formula is C14H12N2O3. The van der Waals surface area contributed by atoms with Crippen LogP contribution in [0.1, 0.15) is 12.0 Å². The molecule has 1 aromatic rings. The molecule has 1 aromatic carbocycles. The summed E-state index contributed by atoms with van der Waals surface area (Å²) in [6.45, 7) is 0. The summed E-state index contributed by atoms with van der Waals surface area (Å²) in [4.78, 5) is 15.7. The van der Waals surface area contributed by atoms with Gasteiger partial charge in [-0.05, 0) is 18.6 Å². The number of nitrogens with zero attached hydrogens (tertiary/aromatic N) is 2. The molecule has 5 heteroatoms. The van der Waals surface area contributed by atoms with Crippen molar-refractivity contribution >= 4 is 5.90 Å². The Bertz CT molecular complexity index is 610. The van der Waals surface area contributed by atoms with Crippen molar-refractivity contribution in [3.8, 4) is 0 Å². The number of benzene rings is 1. The molecule has 4 atom stereocenters. The van der Waals surface area contributed by atoms with E-state index in [1.807, 2.05) is 42.5 Å². The predicted molar refractivity (Wildman–Crippen MR) is 68.3 cm³/mol. The Balaban J connectivity index is 1.82. The van der Waals surface area contributed by atoms with E-state index in [4.69, 9.17) is 4.74 Å². The first kappa shape index (κ1) is 10.7. The maximum absolute atomic E-state index is 11.6. The van der Waals surface area contributed by atoms with Crippen LogP contribution in [0.3, 0.4) is 0 Å². The first-order valence-corrected chi connectivity index (χ1v) is 6.36. The van der Waals surface area contributed by atoms with Crippen LogP contribution in [0.25, 0.3) is 0 Å². The van der Waals surface area contributed by atoms with Crippen LogP contribution in [0, 0.1) is 22.0 Å². The molecular weight excluding hydrogens is 244 g/mol. The summed E-state index contributed by atoms with van der Waals surface area (Å²) in [5, 5.41) is 11.6. The van der Waals surface area contributed by atoms with E-state index in [9.17, 15) is 10.1 Å². The lowest BCUT2D eigenvalue weighted by Gasteiger charge is -2.23. The Kier molecular flexibility index (Phi) is 1.94. The van der Waals surface area contributed by atoms with Crippen molar-refractivity contribution in [1.29, 1.82) is 0 Å². The van der Waals surface area contributed by atoms with Gasteiger partial charge < -0.3 is 4.74 Å². The molecule has 1 aliphatic heterocycles. The van der Waals surface area contributed by atoms with Crippen LogP contribution in [0.15, 0.2) is 47.5 Å². The summed E-state index contributed by atoms with van der Waals surface area (Å²) < 4.78 is 5.83. The molecule has 1 fully saturated rings. The van der Waals surface area contributed by atoms with Gasteiger partial charge in [0.05, 0.1) is 10.8 Å². The standard InChI is InChI=1S/C14H12N2O3/c17-16(18)14-11-7-6-10(8-11)12(14)19-13(15-14)9-4-2-1-3-5-9/h1-7,10-12H,8H2/t10-,11+,12+,14+/m1/s1. The van der Waals surface area contributed by atoms with Crippen LogP contribution in [0.2, 0.25) is 0 Å².